The summed E-state index contributed by atoms with van der Waals surface area (Å²) in [6.07, 6.45) is 78.5. The molecule has 0 radical (unpaired) electrons. The van der Waals surface area contributed by atoms with Crippen molar-refractivity contribution >= 4 is 11.9 Å². The minimum absolute atomic E-state index is 0.0660. The molecule has 0 saturated heterocycles. The van der Waals surface area contributed by atoms with E-state index in [2.05, 4.69) is 118 Å². The Labute approximate surface area is 422 Å². The zero-order valence-corrected chi connectivity index (χ0v) is 44.8. The lowest BCUT2D eigenvalue weighted by atomic mass is 10.1. The van der Waals surface area contributed by atoms with Crippen LogP contribution in [-0.4, -0.2) is 37.9 Å². The van der Waals surface area contributed by atoms with E-state index in [1.807, 2.05) is 0 Å². The lowest BCUT2D eigenvalue weighted by Gasteiger charge is -2.18. The molecule has 0 fully saturated rings. The van der Waals surface area contributed by atoms with Crippen LogP contribution in [0.2, 0.25) is 0 Å². The monoisotopic (exact) mass is 945 g/mol. The predicted molar refractivity (Wildman–Crippen MR) is 297 cm³/mol. The molecular formula is C63H108O5. The minimum Gasteiger partial charge on any atom is -0.462 e. The molecule has 0 bridgehead atoms. The van der Waals surface area contributed by atoms with Crippen molar-refractivity contribution in [3.05, 3.63) is 97.2 Å². The van der Waals surface area contributed by atoms with Gasteiger partial charge in [0, 0.05) is 19.4 Å². The van der Waals surface area contributed by atoms with Crippen molar-refractivity contribution in [1.29, 1.82) is 0 Å². The Hall–Kier alpha value is -3.18. The van der Waals surface area contributed by atoms with E-state index in [9.17, 15) is 9.59 Å². The van der Waals surface area contributed by atoms with Gasteiger partial charge in [0.05, 0.1) is 6.61 Å². The highest BCUT2D eigenvalue weighted by Crippen LogP contribution is 2.14. The molecule has 0 aromatic rings. The Bertz CT molecular complexity index is 1300. The molecule has 0 N–H and O–H groups in total. The number of unbranched alkanes of at least 4 members (excludes halogenated alkanes) is 25. The summed E-state index contributed by atoms with van der Waals surface area (Å²) in [6.45, 7) is 7.62. The summed E-state index contributed by atoms with van der Waals surface area (Å²) in [6, 6.07) is 0. The van der Waals surface area contributed by atoms with Crippen LogP contribution in [0.25, 0.3) is 0 Å². The first-order chi connectivity index (χ1) is 33.6. The third-order valence-electron chi connectivity index (χ3n) is 12.1. The summed E-state index contributed by atoms with van der Waals surface area (Å²) < 4.78 is 17.5. The smallest absolute Gasteiger partial charge is 0.306 e. The number of carbonyl (C=O) groups excluding carboxylic acids is 2. The zero-order chi connectivity index (χ0) is 49.2. The van der Waals surface area contributed by atoms with Crippen LogP contribution in [0.1, 0.15) is 265 Å². The quantitative estimate of drug-likeness (QED) is 0.0345. The lowest BCUT2D eigenvalue weighted by molar-refractivity contribution is -0.163. The van der Waals surface area contributed by atoms with Gasteiger partial charge in [0.25, 0.3) is 0 Å². The highest BCUT2D eigenvalue weighted by atomic mass is 16.6. The third kappa shape index (κ3) is 55.4. The van der Waals surface area contributed by atoms with Crippen LogP contribution in [0.15, 0.2) is 97.2 Å². The predicted octanol–water partition coefficient (Wildman–Crippen LogP) is 19.8. The van der Waals surface area contributed by atoms with E-state index < -0.39 is 6.10 Å². The van der Waals surface area contributed by atoms with Gasteiger partial charge in [0.2, 0.25) is 0 Å². The molecule has 1 atom stereocenters. The van der Waals surface area contributed by atoms with Crippen LogP contribution in [0.3, 0.4) is 0 Å². The van der Waals surface area contributed by atoms with Crippen LogP contribution in [0.4, 0.5) is 0 Å². The summed E-state index contributed by atoms with van der Waals surface area (Å²) in [5.74, 6) is -0.424. The van der Waals surface area contributed by atoms with Crippen LogP contribution in [-0.2, 0) is 23.8 Å². The average molecular weight is 946 g/mol. The minimum atomic E-state index is -0.560. The van der Waals surface area contributed by atoms with Crippen molar-refractivity contribution in [2.24, 2.45) is 0 Å². The van der Waals surface area contributed by atoms with Crippen molar-refractivity contribution in [1.82, 2.24) is 0 Å². The molecule has 5 heteroatoms. The number of allylic oxidation sites excluding steroid dienone is 16. The first-order valence-corrected chi connectivity index (χ1v) is 28.8. The summed E-state index contributed by atoms with van der Waals surface area (Å²) in [4.78, 5) is 25.5. The molecular weight excluding hydrogens is 837 g/mol. The van der Waals surface area contributed by atoms with E-state index in [0.29, 0.717) is 19.4 Å². The van der Waals surface area contributed by atoms with Gasteiger partial charge in [-0.15, -0.1) is 0 Å². The maximum absolute atomic E-state index is 12.9. The molecule has 68 heavy (non-hydrogen) atoms. The summed E-state index contributed by atoms with van der Waals surface area (Å²) in [5, 5.41) is 0. The van der Waals surface area contributed by atoms with E-state index in [1.54, 1.807) is 0 Å². The Morgan fingerprint density at radius 2 is 0.662 bits per heavy atom. The highest BCUT2D eigenvalue weighted by Gasteiger charge is 2.17. The summed E-state index contributed by atoms with van der Waals surface area (Å²) in [7, 11) is 0. The molecule has 0 heterocycles. The molecule has 0 aromatic heterocycles. The third-order valence-corrected chi connectivity index (χ3v) is 12.1. The van der Waals surface area contributed by atoms with Crippen LogP contribution < -0.4 is 0 Å². The van der Waals surface area contributed by atoms with Gasteiger partial charge in [-0.25, -0.2) is 0 Å². The normalized spacial score (nSPS) is 12.9. The second-order valence-corrected chi connectivity index (χ2v) is 18.8. The molecule has 0 spiro atoms. The van der Waals surface area contributed by atoms with Gasteiger partial charge in [0.1, 0.15) is 6.61 Å². The number of hydrogen-bond donors (Lipinski definition) is 0. The molecule has 0 aliphatic heterocycles. The van der Waals surface area contributed by atoms with Crippen LogP contribution in [0.5, 0.6) is 0 Å². The second-order valence-electron chi connectivity index (χ2n) is 18.8. The highest BCUT2D eigenvalue weighted by molar-refractivity contribution is 5.70. The molecule has 0 aliphatic rings. The van der Waals surface area contributed by atoms with Gasteiger partial charge < -0.3 is 14.2 Å². The molecule has 5 nitrogen and oxygen atoms in total. The SMILES string of the molecule is CC/C=C\C/C=C\C/C=C\C/C=C\CCCCCCCOCC(COC(=O)CCCCCCCCC/C=C\C/C=C\CCCCC)OC(=O)CCCCCCCCC/C=C\C/C=C\CCCCC. The number of hydrogen-bond acceptors (Lipinski definition) is 5. The van der Waals surface area contributed by atoms with E-state index in [-0.39, 0.29) is 25.2 Å². The topological polar surface area (TPSA) is 61.8 Å². The summed E-state index contributed by atoms with van der Waals surface area (Å²) >= 11 is 0. The fraction of sp³-hybridized carbons (Fsp3) is 0.714. The summed E-state index contributed by atoms with van der Waals surface area (Å²) in [5.41, 5.74) is 0. The first kappa shape index (κ1) is 64.8. The van der Waals surface area contributed by atoms with Crippen molar-refractivity contribution in [3.8, 4) is 0 Å². The van der Waals surface area contributed by atoms with Crippen LogP contribution >= 0.6 is 0 Å². The number of ether oxygens (including phenoxy) is 3. The maximum atomic E-state index is 12.9. The lowest BCUT2D eigenvalue weighted by Crippen LogP contribution is -2.30. The Kier molecular flexibility index (Phi) is 55.4. The fourth-order valence-electron chi connectivity index (χ4n) is 7.80. The average Bonchev–Trinajstić information content (AvgIpc) is 3.34. The van der Waals surface area contributed by atoms with Gasteiger partial charge in [-0.05, 0) is 122 Å². The molecule has 1 unspecified atom stereocenters. The van der Waals surface area contributed by atoms with Gasteiger partial charge in [0.15, 0.2) is 6.10 Å². The molecule has 390 valence electrons. The Morgan fingerprint density at radius 1 is 0.338 bits per heavy atom. The number of esters is 2. The largest absolute Gasteiger partial charge is 0.462 e. The maximum Gasteiger partial charge on any atom is 0.306 e. The molecule has 0 aromatic carbocycles. The van der Waals surface area contributed by atoms with E-state index >= 15 is 0 Å². The van der Waals surface area contributed by atoms with Gasteiger partial charge >= 0.3 is 11.9 Å². The van der Waals surface area contributed by atoms with Crippen molar-refractivity contribution in [3.63, 3.8) is 0 Å². The molecule has 0 aliphatic carbocycles. The molecule has 0 rings (SSSR count). The second kappa shape index (κ2) is 58.1. The van der Waals surface area contributed by atoms with Gasteiger partial charge in [-0.1, -0.05) is 227 Å². The van der Waals surface area contributed by atoms with E-state index in [1.165, 1.54) is 135 Å². The van der Waals surface area contributed by atoms with E-state index in [0.717, 1.165) is 96.3 Å². The Morgan fingerprint density at radius 3 is 1.06 bits per heavy atom. The zero-order valence-electron chi connectivity index (χ0n) is 44.8. The van der Waals surface area contributed by atoms with Crippen LogP contribution in [0, 0.1) is 0 Å². The first-order valence-electron chi connectivity index (χ1n) is 28.8. The number of carbonyl (C=O) groups is 2. The van der Waals surface area contributed by atoms with Crippen molar-refractivity contribution in [2.75, 3.05) is 19.8 Å². The van der Waals surface area contributed by atoms with Crippen molar-refractivity contribution < 1.29 is 23.8 Å². The standard InChI is InChI=1S/C63H108O5/c1-4-7-10-13-16-19-22-25-28-31-34-37-40-43-46-49-52-55-58-66-59-61(68-63(65)57-54-51-48-45-42-39-36-33-30-27-24-21-18-15-12-9-6-3)60-67-62(64)56-53-50-47-44-41-38-35-32-29-26-23-20-17-14-11-8-5-2/h7,10,16-21,25-30,34,37,61H,4-6,8-9,11-15,22-24,31-33,35-36,38-60H2,1-3H3/b10-7-,19-16-,20-17-,21-18-,28-25-,29-26-,30-27-,37-34-. The van der Waals surface area contributed by atoms with Crippen molar-refractivity contribution in [2.45, 2.75) is 271 Å². The Balaban J connectivity index is 4.36. The molecule has 0 amide bonds. The fourth-order valence-corrected chi connectivity index (χ4v) is 7.80. The van der Waals surface area contributed by atoms with E-state index in [4.69, 9.17) is 14.2 Å². The van der Waals surface area contributed by atoms with Gasteiger partial charge in [-0.2, -0.15) is 0 Å². The van der Waals surface area contributed by atoms with Gasteiger partial charge in [-0.3, -0.25) is 9.59 Å². The molecule has 0 saturated carbocycles. The number of rotatable bonds is 52.